The van der Waals surface area contributed by atoms with Crippen molar-refractivity contribution >= 4 is 11.7 Å². The van der Waals surface area contributed by atoms with Crippen LogP contribution in [0.4, 0.5) is 5.69 Å². The predicted molar refractivity (Wildman–Crippen MR) is 95.4 cm³/mol. The molecule has 0 saturated heterocycles. The minimum atomic E-state index is -0.993. The van der Waals surface area contributed by atoms with Gasteiger partial charge in [-0.05, 0) is 38.0 Å². The van der Waals surface area contributed by atoms with E-state index in [4.69, 9.17) is 0 Å². The van der Waals surface area contributed by atoms with Crippen molar-refractivity contribution in [3.63, 3.8) is 0 Å². The summed E-state index contributed by atoms with van der Waals surface area (Å²) in [6.45, 7) is 9.47. The first-order valence-corrected chi connectivity index (χ1v) is 7.28. The van der Waals surface area contributed by atoms with Crippen LogP contribution in [-0.4, -0.2) is 16.1 Å². The van der Waals surface area contributed by atoms with E-state index in [0.29, 0.717) is 5.69 Å². The number of hydrogen-bond donors (Lipinski definition) is 2. The number of anilines is 1. The fraction of sp³-hybridized carbons (Fsp3) is 0.158. The van der Waals surface area contributed by atoms with Gasteiger partial charge in [-0.1, -0.05) is 43.0 Å². The molecule has 4 nitrogen and oxygen atoms in total. The first-order valence-electron chi connectivity index (χ1n) is 7.28. The van der Waals surface area contributed by atoms with Crippen molar-refractivity contribution in [3.05, 3.63) is 83.9 Å². The third-order valence-electron chi connectivity index (χ3n) is 3.14. The topological polar surface area (TPSA) is 62.2 Å². The Balaban J connectivity index is 3.31. The van der Waals surface area contributed by atoms with Gasteiger partial charge in [0.2, 0.25) is 0 Å². The number of allylic oxidation sites excluding steroid dienone is 9. The molecule has 0 bridgehead atoms. The number of carboxylic acids is 1. The number of pyridine rings is 1. The highest BCUT2D eigenvalue weighted by Gasteiger charge is 2.11. The maximum atomic E-state index is 11.3. The van der Waals surface area contributed by atoms with Crippen molar-refractivity contribution < 1.29 is 9.90 Å². The van der Waals surface area contributed by atoms with Crippen molar-refractivity contribution in [1.82, 2.24) is 4.98 Å². The monoisotopic (exact) mass is 310 g/mol. The van der Waals surface area contributed by atoms with Gasteiger partial charge >= 0.3 is 5.97 Å². The van der Waals surface area contributed by atoms with Gasteiger partial charge in [0.1, 0.15) is 0 Å². The molecule has 1 aromatic heterocycles. The van der Waals surface area contributed by atoms with E-state index >= 15 is 0 Å². The van der Waals surface area contributed by atoms with E-state index in [2.05, 4.69) is 16.9 Å². The quantitative estimate of drug-likeness (QED) is 0.715. The van der Waals surface area contributed by atoms with Crippen LogP contribution < -0.4 is 5.32 Å². The molecule has 0 fully saturated rings. The Labute approximate surface area is 137 Å². The third-order valence-corrected chi connectivity index (χ3v) is 3.14. The number of carboxylic acid groups (broad SMARTS) is 1. The molecule has 2 N–H and O–H groups in total. The van der Waals surface area contributed by atoms with Gasteiger partial charge in [-0.25, -0.2) is 4.79 Å². The second-order valence-corrected chi connectivity index (χ2v) is 4.73. The second kappa shape index (κ2) is 9.20. The number of aromatic nitrogens is 1. The van der Waals surface area contributed by atoms with Crippen molar-refractivity contribution in [2.24, 2.45) is 0 Å². The molecule has 120 valence electrons. The van der Waals surface area contributed by atoms with Crippen molar-refractivity contribution in [2.75, 3.05) is 5.32 Å². The summed E-state index contributed by atoms with van der Waals surface area (Å²) in [6, 6.07) is 1.47. The molecular formula is C19H22N2O2. The van der Waals surface area contributed by atoms with E-state index in [-0.39, 0.29) is 5.56 Å². The number of nitrogens with zero attached hydrogens (tertiary/aromatic N) is 1. The lowest BCUT2D eigenvalue weighted by molar-refractivity contribution is 0.0698. The van der Waals surface area contributed by atoms with E-state index in [1.165, 1.54) is 18.5 Å². The smallest absolute Gasteiger partial charge is 0.337 e. The van der Waals surface area contributed by atoms with Crippen molar-refractivity contribution in [2.45, 2.75) is 20.8 Å². The average Bonchev–Trinajstić information content (AvgIpc) is 2.54. The van der Waals surface area contributed by atoms with Crippen LogP contribution in [0.3, 0.4) is 0 Å². The Morgan fingerprint density at radius 3 is 2.65 bits per heavy atom. The molecule has 1 aromatic rings. The average molecular weight is 310 g/mol. The van der Waals surface area contributed by atoms with Crippen LogP contribution in [0.15, 0.2) is 78.3 Å². The maximum absolute atomic E-state index is 11.3. The Morgan fingerprint density at radius 1 is 1.35 bits per heavy atom. The van der Waals surface area contributed by atoms with Gasteiger partial charge in [0.15, 0.2) is 0 Å². The van der Waals surface area contributed by atoms with Gasteiger partial charge in [-0.3, -0.25) is 4.98 Å². The van der Waals surface area contributed by atoms with Crippen LogP contribution in [0.25, 0.3) is 0 Å². The summed E-state index contributed by atoms with van der Waals surface area (Å²) in [6.07, 6.45) is 14.4. The van der Waals surface area contributed by atoms with Gasteiger partial charge in [0, 0.05) is 11.9 Å². The summed E-state index contributed by atoms with van der Waals surface area (Å²) in [5, 5.41) is 12.4. The first kappa shape index (κ1) is 18.2. The molecular weight excluding hydrogens is 288 g/mol. The van der Waals surface area contributed by atoms with Crippen LogP contribution in [-0.2, 0) is 0 Å². The standard InChI is InChI=1S/C19H22N2O2/c1-5-8-10-15(7-3)16(9-6-2)14(4)21-18-13-20-12-11-17(18)19(22)23/h5-13,21H,1H2,2-4H3,(H,22,23)/b9-6-,10-8-,15-7+,16-14-. The minimum Gasteiger partial charge on any atom is -0.478 e. The zero-order chi connectivity index (χ0) is 17.2. The number of nitrogens with one attached hydrogen (secondary N) is 1. The maximum Gasteiger partial charge on any atom is 0.337 e. The Bertz CT molecular complexity index is 695. The third kappa shape index (κ3) is 5.11. The summed E-state index contributed by atoms with van der Waals surface area (Å²) < 4.78 is 0. The second-order valence-electron chi connectivity index (χ2n) is 4.73. The summed E-state index contributed by atoms with van der Waals surface area (Å²) >= 11 is 0. The minimum absolute atomic E-state index is 0.183. The molecule has 23 heavy (non-hydrogen) atoms. The van der Waals surface area contributed by atoms with E-state index in [9.17, 15) is 9.90 Å². The zero-order valence-corrected chi connectivity index (χ0v) is 13.7. The van der Waals surface area contributed by atoms with Crippen molar-refractivity contribution in [3.8, 4) is 0 Å². The number of carbonyl (C=O) groups is 1. The SMILES string of the molecule is C=C\C=C/C(=C\C)C(/C=C\C)=C(/C)Nc1cnccc1C(=O)O. The van der Waals surface area contributed by atoms with Crippen LogP contribution in [0.2, 0.25) is 0 Å². The van der Waals surface area contributed by atoms with Gasteiger partial charge in [0.25, 0.3) is 0 Å². The number of aromatic carboxylic acids is 1. The summed E-state index contributed by atoms with van der Waals surface area (Å²) in [4.78, 5) is 15.3. The molecule has 0 amide bonds. The van der Waals surface area contributed by atoms with E-state index in [0.717, 1.165) is 16.8 Å². The van der Waals surface area contributed by atoms with Crippen molar-refractivity contribution in [1.29, 1.82) is 0 Å². The van der Waals surface area contributed by atoms with E-state index in [1.54, 1.807) is 6.08 Å². The highest BCUT2D eigenvalue weighted by molar-refractivity contribution is 5.94. The molecule has 0 saturated carbocycles. The lowest BCUT2D eigenvalue weighted by Crippen LogP contribution is -2.07. The van der Waals surface area contributed by atoms with Gasteiger partial charge < -0.3 is 10.4 Å². The van der Waals surface area contributed by atoms with Gasteiger partial charge in [-0.15, -0.1) is 0 Å². The fourth-order valence-electron chi connectivity index (χ4n) is 2.07. The molecule has 0 aliphatic carbocycles. The molecule has 1 heterocycles. The highest BCUT2D eigenvalue weighted by atomic mass is 16.4. The van der Waals surface area contributed by atoms with E-state index < -0.39 is 5.97 Å². The van der Waals surface area contributed by atoms with E-state index in [1.807, 2.05) is 51.2 Å². The molecule has 0 aliphatic heterocycles. The normalized spacial score (nSPS) is 13.3. The summed E-state index contributed by atoms with van der Waals surface area (Å²) in [5.41, 5.74) is 3.45. The van der Waals surface area contributed by atoms with Crippen LogP contribution in [0.5, 0.6) is 0 Å². The predicted octanol–water partition coefficient (Wildman–Crippen LogP) is 4.73. The summed E-state index contributed by atoms with van der Waals surface area (Å²) in [7, 11) is 0. The Hall–Kier alpha value is -2.88. The molecule has 0 aromatic carbocycles. The molecule has 0 spiro atoms. The number of hydrogen-bond acceptors (Lipinski definition) is 3. The molecule has 0 unspecified atom stereocenters. The van der Waals surface area contributed by atoms with Gasteiger partial charge in [0.05, 0.1) is 17.4 Å². The van der Waals surface area contributed by atoms with Gasteiger partial charge in [-0.2, -0.15) is 0 Å². The highest BCUT2D eigenvalue weighted by Crippen LogP contribution is 2.22. The molecule has 0 aliphatic rings. The zero-order valence-electron chi connectivity index (χ0n) is 13.7. The number of rotatable bonds is 7. The Kier molecular flexibility index (Phi) is 7.27. The summed E-state index contributed by atoms with van der Waals surface area (Å²) in [5.74, 6) is -0.993. The molecule has 0 radical (unpaired) electrons. The largest absolute Gasteiger partial charge is 0.478 e. The van der Waals surface area contributed by atoms with Crippen LogP contribution >= 0.6 is 0 Å². The lowest BCUT2D eigenvalue weighted by Gasteiger charge is -2.14. The fourth-order valence-corrected chi connectivity index (χ4v) is 2.07. The molecule has 1 rings (SSSR count). The first-order chi connectivity index (χ1) is 11.0. The Morgan fingerprint density at radius 2 is 2.09 bits per heavy atom. The van der Waals surface area contributed by atoms with Crippen LogP contribution in [0.1, 0.15) is 31.1 Å². The lowest BCUT2D eigenvalue weighted by atomic mass is 10.0. The molecule has 4 heteroatoms. The molecule has 0 atom stereocenters. The van der Waals surface area contributed by atoms with Crippen LogP contribution in [0, 0.1) is 0 Å².